The fourth-order valence-electron chi connectivity index (χ4n) is 12.8. The van der Waals surface area contributed by atoms with Crippen LogP contribution in [-0.2, 0) is 9.84 Å². The summed E-state index contributed by atoms with van der Waals surface area (Å²) >= 11 is 0. The number of hydrogen-bond acceptors (Lipinski definition) is 5. The Hall–Kier alpha value is -1.96. The van der Waals surface area contributed by atoms with Crippen LogP contribution in [0.4, 0.5) is 0 Å². The number of sulfone groups is 1. The van der Waals surface area contributed by atoms with E-state index in [0.717, 1.165) is 43.2 Å². The molecule has 5 aliphatic carbocycles. The van der Waals surface area contributed by atoms with Gasteiger partial charge in [0.25, 0.3) is 0 Å². The maximum Gasteiger partial charge on any atom is 0.335 e. The zero-order valence-electron chi connectivity index (χ0n) is 34.4. The van der Waals surface area contributed by atoms with E-state index in [4.69, 9.17) is 0 Å². The van der Waals surface area contributed by atoms with Gasteiger partial charge in [0.15, 0.2) is 9.84 Å². The molecule has 6 aliphatic rings. The van der Waals surface area contributed by atoms with Gasteiger partial charge in [-0.05, 0) is 134 Å². The highest BCUT2D eigenvalue weighted by Gasteiger charge is 2.65. The van der Waals surface area contributed by atoms with Crippen molar-refractivity contribution in [2.24, 2.45) is 45.8 Å². The van der Waals surface area contributed by atoms with E-state index in [0.29, 0.717) is 41.5 Å². The van der Waals surface area contributed by atoms with E-state index in [1.165, 1.54) is 68.9 Å². The molecule has 7 rings (SSSR count). The van der Waals surface area contributed by atoms with Crippen molar-refractivity contribution in [1.82, 2.24) is 10.2 Å². The van der Waals surface area contributed by atoms with Crippen molar-refractivity contribution in [3.63, 3.8) is 0 Å². The van der Waals surface area contributed by atoms with Gasteiger partial charge in [-0.2, -0.15) is 0 Å². The first kappa shape index (κ1) is 42.8. The zero-order valence-corrected chi connectivity index (χ0v) is 35.2. The molecule has 294 valence electrons. The molecular weight excluding hydrogens is 665 g/mol. The van der Waals surface area contributed by atoms with E-state index in [-0.39, 0.29) is 16.4 Å². The van der Waals surface area contributed by atoms with E-state index in [2.05, 4.69) is 50.6 Å². The maximum atomic E-state index is 11.9. The summed E-state index contributed by atoms with van der Waals surface area (Å²) in [5.74, 6) is 3.56. The second-order valence-electron chi connectivity index (χ2n) is 17.5. The lowest BCUT2D eigenvalue weighted by atomic mass is 9.37. The molecule has 8 atom stereocenters. The summed E-state index contributed by atoms with van der Waals surface area (Å²) in [4.78, 5) is 13.8. The number of nitrogens with zero attached hydrogens (tertiary/aromatic N) is 1. The van der Waals surface area contributed by atoms with Crippen LogP contribution < -0.4 is 5.32 Å². The summed E-state index contributed by atoms with van der Waals surface area (Å²) < 4.78 is 23.8. The molecule has 7 heteroatoms. The Bertz CT molecular complexity index is 1490. The summed E-state index contributed by atoms with van der Waals surface area (Å²) in [5, 5.41) is 13.6. The molecule has 1 saturated heterocycles. The van der Waals surface area contributed by atoms with Gasteiger partial charge in [-0.1, -0.05) is 86.1 Å². The van der Waals surface area contributed by atoms with Gasteiger partial charge in [0, 0.05) is 31.7 Å². The summed E-state index contributed by atoms with van der Waals surface area (Å²) in [7, 11) is -2.83. The molecule has 0 spiro atoms. The highest BCUT2D eigenvalue weighted by atomic mass is 32.2. The van der Waals surface area contributed by atoms with Crippen molar-refractivity contribution in [2.75, 3.05) is 37.7 Å². The molecule has 4 saturated carbocycles. The molecular formula is C45H74N2O4S. The van der Waals surface area contributed by atoms with Crippen molar-refractivity contribution < 1.29 is 18.3 Å². The molecule has 1 heterocycles. The molecule has 5 fully saturated rings. The van der Waals surface area contributed by atoms with E-state index in [9.17, 15) is 18.3 Å². The first-order valence-corrected chi connectivity index (χ1v) is 22.8. The minimum Gasteiger partial charge on any atom is -0.478 e. The Labute approximate surface area is 318 Å². The average Bonchev–Trinajstić information content (AvgIpc) is 3.55. The minimum atomic E-state index is -2.83. The van der Waals surface area contributed by atoms with Crippen LogP contribution in [0.15, 0.2) is 43.0 Å². The molecule has 1 aromatic carbocycles. The number of nitrogens with one attached hydrogen (secondary N) is 1. The van der Waals surface area contributed by atoms with Crippen LogP contribution in [-0.4, -0.2) is 67.6 Å². The maximum absolute atomic E-state index is 11.9. The molecule has 0 radical (unpaired) electrons. The van der Waals surface area contributed by atoms with Gasteiger partial charge >= 0.3 is 5.97 Å². The molecule has 0 aromatic heterocycles. The standard InChI is InChI=1S/C38H56N2O4S.C3H6.2C2H6/c1-35(2)29(26-7-9-27(10-8-26)34(41)42)13-17-37(4)32(35)15-18-36(3)30-14-19-38(16-5-6-31(38)28(30)11-12-33(36)37)39-20-21-40-22-24-45(43,44)25-23-40;1-3-2;2*1-2/h7-10,13,28,30-33,39H,5-6,11-12,14-25H2,1-4H3,(H,41,42);3H,1H2,2H3;2*1-2H3. The highest BCUT2D eigenvalue weighted by Crippen LogP contribution is 2.72. The molecule has 52 heavy (non-hydrogen) atoms. The fourth-order valence-corrected chi connectivity index (χ4v) is 14.1. The normalized spacial score (nSPS) is 36.9. The molecule has 0 bridgehead atoms. The number of benzene rings is 1. The Morgan fingerprint density at radius 2 is 1.52 bits per heavy atom. The van der Waals surface area contributed by atoms with Crippen molar-refractivity contribution >= 4 is 21.4 Å². The lowest BCUT2D eigenvalue weighted by molar-refractivity contribution is -0.172. The topological polar surface area (TPSA) is 86.7 Å². The quantitative estimate of drug-likeness (QED) is 0.283. The van der Waals surface area contributed by atoms with Crippen LogP contribution in [0.1, 0.15) is 142 Å². The van der Waals surface area contributed by atoms with Crippen LogP contribution >= 0.6 is 0 Å². The van der Waals surface area contributed by atoms with Crippen LogP contribution in [0.5, 0.6) is 0 Å². The van der Waals surface area contributed by atoms with E-state index in [1.807, 2.05) is 46.8 Å². The summed E-state index contributed by atoms with van der Waals surface area (Å²) in [6, 6.07) is 7.59. The van der Waals surface area contributed by atoms with Gasteiger partial charge in [0.2, 0.25) is 0 Å². The third-order valence-corrected chi connectivity index (χ3v) is 16.5. The van der Waals surface area contributed by atoms with Crippen LogP contribution in [0.3, 0.4) is 0 Å². The zero-order chi connectivity index (χ0) is 38.5. The predicted molar refractivity (Wildman–Crippen MR) is 219 cm³/mol. The second-order valence-corrected chi connectivity index (χ2v) is 19.8. The third kappa shape index (κ3) is 8.03. The van der Waals surface area contributed by atoms with Crippen LogP contribution in [0, 0.1) is 45.8 Å². The molecule has 0 amide bonds. The van der Waals surface area contributed by atoms with Gasteiger partial charge in [-0.15, -0.1) is 6.58 Å². The van der Waals surface area contributed by atoms with Gasteiger partial charge in [-0.3, -0.25) is 0 Å². The number of carboxylic acids is 1. The number of hydrogen-bond donors (Lipinski definition) is 2. The predicted octanol–water partition coefficient (Wildman–Crippen LogP) is 10.2. The summed E-state index contributed by atoms with van der Waals surface area (Å²) in [6.45, 7) is 26.8. The summed E-state index contributed by atoms with van der Waals surface area (Å²) in [6.07, 6.45) is 17.4. The van der Waals surface area contributed by atoms with Gasteiger partial charge in [0.1, 0.15) is 0 Å². The van der Waals surface area contributed by atoms with Crippen molar-refractivity contribution in [3.05, 3.63) is 54.1 Å². The van der Waals surface area contributed by atoms with E-state index in [1.54, 1.807) is 18.2 Å². The van der Waals surface area contributed by atoms with E-state index >= 15 is 0 Å². The lowest BCUT2D eigenvalue weighted by Gasteiger charge is -2.68. The fraction of sp³-hybridized carbons (Fsp3) is 0.756. The summed E-state index contributed by atoms with van der Waals surface area (Å²) in [5.41, 5.74) is 3.97. The van der Waals surface area contributed by atoms with Crippen molar-refractivity contribution in [3.8, 4) is 0 Å². The Kier molecular flexibility index (Phi) is 14.2. The van der Waals surface area contributed by atoms with Gasteiger partial charge in [0.05, 0.1) is 17.1 Å². The number of fused-ring (bicyclic) bond motifs is 7. The first-order valence-electron chi connectivity index (χ1n) is 21.0. The van der Waals surface area contributed by atoms with Gasteiger partial charge < -0.3 is 15.3 Å². The highest BCUT2D eigenvalue weighted by molar-refractivity contribution is 7.91. The molecule has 8 unspecified atom stereocenters. The number of carbonyl (C=O) groups is 1. The number of aromatic carboxylic acids is 1. The molecule has 6 nitrogen and oxygen atoms in total. The third-order valence-electron chi connectivity index (χ3n) is 14.9. The number of rotatable bonds is 6. The Balaban J connectivity index is 0.000000810. The van der Waals surface area contributed by atoms with Crippen LogP contribution in [0.2, 0.25) is 0 Å². The lowest BCUT2D eigenvalue weighted by Crippen LogP contribution is -2.63. The van der Waals surface area contributed by atoms with Crippen LogP contribution in [0.25, 0.3) is 5.57 Å². The molecule has 1 aromatic rings. The molecule has 1 aliphatic heterocycles. The minimum absolute atomic E-state index is 0.0472. The van der Waals surface area contributed by atoms with Crippen molar-refractivity contribution in [1.29, 1.82) is 0 Å². The Morgan fingerprint density at radius 3 is 2.13 bits per heavy atom. The SMILES string of the molecule is C=CC.CC.CC.CC1(C)C(c2ccc(C(=O)O)cc2)=CCC2(C)C1CCC1(C)C3CCC4(NCCN5CCS(=O)(=O)CC5)CCCC4C3CCC12. The largest absolute Gasteiger partial charge is 0.478 e. The smallest absolute Gasteiger partial charge is 0.335 e. The van der Waals surface area contributed by atoms with Crippen molar-refractivity contribution in [2.45, 2.75) is 132 Å². The van der Waals surface area contributed by atoms with E-state index < -0.39 is 15.8 Å². The average molecular weight is 739 g/mol. The van der Waals surface area contributed by atoms with Gasteiger partial charge in [-0.25, -0.2) is 13.2 Å². The number of carboxylic acid groups (broad SMARTS) is 1. The molecule has 2 N–H and O–H groups in total. The first-order chi connectivity index (χ1) is 24.7. The Morgan fingerprint density at radius 1 is 0.885 bits per heavy atom. The monoisotopic (exact) mass is 739 g/mol. The second kappa shape index (κ2) is 17.2. The number of allylic oxidation sites excluding steroid dienone is 3.